The molecule has 0 aliphatic carbocycles. The minimum Gasteiger partial charge on any atom is -0.345 e. The molecule has 2 aromatic rings. The lowest BCUT2D eigenvalue weighted by Crippen LogP contribution is -2.51. The van der Waals surface area contributed by atoms with E-state index >= 15 is 0 Å². The van der Waals surface area contributed by atoms with Gasteiger partial charge in [-0.3, -0.25) is 14.4 Å². The number of para-hydroxylation sites is 1. The first-order valence-corrected chi connectivity index (χ1v) is 12.5. The van der Waals surface area contributed by atoms with E-state index in [1.807, 2.05) is 27.7 Å². The number of nitrogens with zero attached hydrogens (tertiary/aromatic N) is 2. The maximum Gasteiger partial charge on any atom is 0.243 e. The van der Waals surface area contributed by atoms with Gasteiger partial charge in [-0.2, -0.15) is 0 Å². The molecule has 2 heterocycles. The lowest BCUT2D eigenvalue weighted by Gasteiger charge is -2.34. The number of aromatic amines is 1. The van der Waals surface area contributed by atoms with Crippen LogP contribution in [-0.2, 0) is 14.4 Å². The fraction of sp³-hybridized carbons (Fsp3) is 0.615. The van der Waals surface area contributed by atoms with Crippen LogP contribution in [0.5, 0.6) is 0 Å². The minimum absolute atomic E-state index is 0.0285. The van der Waals surface area contributed by atoms with Crippen LogP contribution in [0, 0.1) is 11.2 Å². The van der Waals surface area contributed by atoms with Gasteiger partial charge in [0.15, 0.2) is 5.82 Å². The number of H-pyrrole nitrogens is 1. The van der Waals surface area contributed by atoms with Crippen LogP contribution < -0.4 is 10.6 Å². The third-order valence-corrected chi connectivity index (χ3v) is 6.51. The first kappa shape index (κ1) is 26.6. The zero-order valence-corrected chi connectivity index (χ0v) is 21.4. The molecule has 9 heteroatoms. The van der Waals surface area contributed by atoms with Crippen LogP contribution in [-0.4, -0.2) is 51.2 Å². The Bertz CT molecular complexity index is 1060. The molecule has 8 nitrogen and oxygen atoms in total. The van der Waals surface area contributed by atoms with Crippen LogP contribution in [0.1, 0.15) is 85.0 Å². The largest absolute Gasteiger partial charge is 0.345 e. The Kier molecular flexibility index (Phi) is 8.51. The highest BCUT2D eigenvalue weighted by Crippen LogP contribution is 2.22. The number of rotatable bonds is 8. The fourth-order valence-electron chi connectivity index (χ4n) is 4.33. The van der Waals surface area contributed by atoms with Crippen molar-refractivity contribution >= 4 is 28.8 Å². The highest BCUT2D eigenvalue weighted by Gasteiger charge is 2.31. The topological polar surface area (TPSA) is 107 Å². The van der Waals surface area contributed by atoms with Gasteiger partial charge in [-0.1, -0.05) is 26.8 Å². The van der Waals surface area contributed by atoms with Crippen LogP contribution >= 0.6 is 0 Å². The van der Waals surface area contributed by atoms with Crippen molar-refractivity contribution in [2.24, 2.45) is 5.41 Å². The van der Waals surface area contributed by atoms with Crippen molar-refractivity contribution in [2.45, 2.75) is 91.3 Å². The summed E-state index contributed by atoms with van der Waals surface area (Å²) in [6, 6.07) is 3.15. The molecule has 1 aromatic heterocycles. The molecule has 1 fully saturated rings. The minimum atomic E-state index is -1.01. The smallest absolute Gasteiger partial charge is 0.243 e. The third kappa shape index (κ3) is 7.26. The maximum atomic E-state index is 14.0. The van der Waals surface area contributed by atoms with Gasteiger partial charge in [-0.25, -0.2) is 9.37 Å². The quantitative estimate of drug-likeness (QED) is 0.523. The maximum absolute atomic E-state index is 14.0. The van der Waals surface area contributed by atoms with E-state index in [1.54, 1.807) is 24.0 Å². The van der Waals surface area contributed by atoms with Gasteiger partial charge in [0.2, 0.25) is 17.7 Å². The first-order valence-electron chi connectivity index (χ1n) is 12.5. The van der Waals surface area contributed by atoms with Crippen molar-refractivity contribution < 1.29 is 18.8 Å². The first-order chi connectivity index (χ1) is 16.4. The van der Waals surface area contributed by atoms with E-state index in [4.69, 9.17) is 0 Å². The zero-order valence-electron chi connectivity index (χ0n) is 21.4. The summed E-state index contributed by atoms with van der Waals surface area (Å²) in [5.41, 5.74) is 0.700. The Hall–Kier alpha value is -2.97. The number of aromatic nitrogens is 2. The van der Waals surface area contributed by atoms with E-state index in [-0.39, 0.29) is 41.6 Å². The molecule has 0 bridgehead atoms. The third-order valence-electron chi connectivity index (χ3n) is 6.51. The van der Waals surface area contributed by atoms with Crippen molar-refractivity contribution in [2.75, 3.05) is 6.54 Å². The predicted molar refractivity (Wildman–Crippen MR) is 133 cm³/mol. The number of nitrogens with one attached hydrogen (secondary N) is 3. The molecular formula is C26H38FN5O3. The Morgan fingerprint density at radius 2 is 1.97 bits per heavy atom. The molecular weight excluding hydrogens is 449 g/mol. The molecule has 3 N–H and O–H groups in total. The summed E-state index contributed by atoms with van der Waals surface area (Å²) in [7, 11) is 0. The second-order valence-corrected chi connectivity index (χ2v) is 10.8. The van der Waals surface area contributed by atoms with Gasteiger partial charge < -0.3 is 20.5 Å². The van der Waals surface area contributed by atoms with Crippen LogP contribution in [0.15, 0.2) is 18.2 Å². The monoisotopic (exact) mass is 487 g/mol. The van der Waals surface area contributed by atoms with E-state index < -0.39 is 23.8 Å². The molecule has 35 heavy (non-hydrogen) atoms. The Labute approximate surface area is 206 Å². The Morgan fingerprint density at radius 1 is 1.23 bits per heavy atom. The molecule has 1 aliphatic heterocycles. The van der Waals surface area contributed by atoms with Crippen molar-refractivity contribution in [1.82, 2.24) is 25.5 Å². The Balaban J connectivity index is 1.72. The second-order valence-electron chi connectivity index (χ2n) is 10.8. The highest BCUT2D eigenvalue weighted by atomic mass is 19.1. The summed E-state index contributed by atoms with van der Waals surface area (Å²) in [6.45, 7) is 10.5. The SMILES string of the molecule is C[C@H](NC(=O)[C@H](CC(=O)N1CCCC[C@@H]1C)NC(=O)CCC(C)(C)C)c1nc2c(F)cccc2[nH]1. The molecule has 0 radical (unpaired) electrons. The van der Waals surface area contributed by atoms with Gasteiger partial charge >= 0.3 is 0 Å². The van der Waals surface area contributed by atoms with Gasteiger partial charge in [0.05, 0.1) is 18.0 Å². The number of carbonyl (C=O) groups excluding carboxylic acids is 3. The number of piperidine rings is 1. The average molecular weight is 488 g/mol. The summed E-state index contributed by atoms with van der Waals surface area (Å²) in [5.74, 6) is -0.938. The number of carbonyl (C=O) groups is 3. The summed E-state index contributed by atoms with van der Waals surface area (Å²) in [6.07, 6.45) is 3.75. The molecule has 1 aromatic carbocycles. The van der Waals surface area contributed by atoms with E-state index in [1.165, 1.54) is 6.07 Å². The number of fused-ring (bicyclic) bond motifs is 1. The number of likely N-dealkylation sites (tertiary alicyclic amines) is 1. The summed E-state index contributed by atoms with van der Waals surface area (Å²) in [5, 5.41) is 5.61. The van der Waals surface area contributed by atoms with Crippen molar-refractivity contribution in [3.63, 3.8) is 0 Å². The van der Waals surface area contributed by atoms with E-state index in [2.05, 4.69) is 20.6 Å². The molecule has 3 rings (SSSR count). The van der Waals surface area contributed by atoms with Crippen molar-refractivity contribution in [3.05, 3.63) is 29.8 Å². The van der Waals surface area contributed by atoms with E-state index in [0.717, 1.165) is 19.3 Å². The number of imidazole rings is 1. The van der Waals surface area contributed by atoms with Gasteiger partial charge in [0, 0.05) is 19.0 Å². The number of benzene rings is 1. The van der Waals surface area contributed by atoms with Gasteiger partial charge in [-0.05, 0) is 57.1 Å². The van der Waals surface area contributed by atoms with E-state index in [0.29, 0.717) is 24.3 Å². The average Bonchev–Trinajstić information content (AvgIpc) is 3.23. The summed E-state index contributed by atoms with van der Waals surface area (Å²) in [4.78, 5) is 48.1. The molecule has 192 valence electrons. The predicted octanol–water partition coefficient (Wildman–Crippen LogP) is 3.98. The lowest BCUT2D eigenvalue weighted by atomic mass is 9.90. The number of hydrogen-bond acceptors (Lipinski definition) is 4. The van der Waals surface area contributed by atoms with E-state index in [9.17, 15) is 18.8 Å². The highest BCUT2D eigenvalue weighted by molar-refractivity contribution is 5.92. The number of amides is 3. The molecule has 1 saturated heterocycles. The van der Waals surface area contributed by atoms with Gasteiger partial charge in [0.25, 0.3) is 0 Å². The fourth-order valence-corrected chi connectivity index (χ4v) is 4.33. The molecule has 0 saturated carbocycles. The molecule has 0 spiro atoms. The molecule has 0 unspecified atom stereocenters. The van der Waals surface area contributed by atoms with Crippen molar-refractivity contribution in [1.29, 1.82) is 0 Å². The Morgan fingerprint density at radius 3 is 2.63 bits per heavy atom. The van der Waals surface area contributed by atoms with Crippen LogP contribution in [0.25, 0.3) is 11.0 Å². The normalized spacial score (nSPS) is 18.2. The zero-order chi connectivity index (χ0) is 25.8. The van der Waals surface area contributed by atoms with Crippen LogP contribution in [0.3, 0.4) is 0 Å². The molecule has 3 amide bonds. The van der Waals surface area contributed by atoms with Crippen LogP contribution in [0.4, 0.5) is 4.39 Å². The lowest BCUT2D eigenvalue weighted by molar-refractivity contribution is -0.138. The van der Waals surface area contributed by atoms with Gasteiger partial charge in [-0.15, -0.1) is 0 Å². The number of hydrogen-bond donors (Lipinski definition) is 3. The number of halogens is 1. The van der Waals surface area contributed by atoms with Crippen molar-refractivity contribution in [3.8, 4) is 0 Å². The molecule has 1 aliphatic rings. The van der Waals surface area contributed by atoms with Gasteiger partial charge in [0.1, 0.15) is 17.4 Å². The second kappa shape index (κ2) is 11.2. The molecule has 3 atom stereocenters. The summed E-state index contributed by atoms with van der Waals surface area (Å²) >= 11 is 0. The standard InChI is InChI=1S/C26H38FN5O3/c1-16-9-6-7-14-32(16)22(34)15-20(29-21(33)12-13-26(3,4)5)25(35)28-17(2)24-30-19-11-8-10-18(27)23(19)31-24/h8,10-11,16-17,20H,6-7,9,12-15H2,1-5H3,(H,28,35)(H,29,33)(H,30,31)/t16-,17-,20-/m0/s1. The van der Waals surface area contributed by atoms with Crippen LogP contribution in [0.2, 0.25) is 0 Å². The summed E-state index contributed by atoms with van der Waals surface area (Å²) < 4.78 is 14.0.